The highest BCUT2D eigenvalue weighted by Gasteiger charge is 2.14. The predicted molar refractivity (Wildman–Crippen MR) is 103 cm³/mol. The average molecular weight is 381 g/mol. The van der Waals surface area contributed by atoms with Crippen LogP contribution in [0.2, 0.25) is 0 Å². The fourth-order valence-electron chi connectivity index (χ4n) is 2.80. The molecule has 7 heteroatoms. The number of thioether (sulfide) groups is 1. The van der Waals surface area contributed by atoms with Gasteiger partial charge in [-0.25, -0.2) is 4.98 Å². The Morgan fingerprint density at radius 3 is 3.00 bits per heavy atom. The van der Waals surface area contributed by atoms with E-state index < -0.39 is 0 Å². The van der Waals surface area contributed by atoms with Gasteiger partial charge in [-0.3, -0.25) is 9.36 Å². The Balaban J connectivity index is 1.33. The monoisotopic (exact) mass is 381 g/mol. The van der Waals surface area contributed by atoms with Gasteiger partial charge in [-0.15, -0.1) is 0 Å². The molecule has 1 aliphatic rings. The van der Waals surface area contributed by atoms with E-state index in [1.165, 1.54) is 17.3 Å². The molecule has 1 aliphatic heterocycles. The van der Waals surface area contributed by atoms with Gasteiger partial charge in [0, 0.05) is 24.6 Å². The van der Waals surface area contributed by atoms with Crippen LogP contribution in [0.3, 0.4) is 0 Å². The van der Waals surface area contributed by atoms with Crippen molar-refractivity contribution in [3.8, 4) is 17.2 Å². The van der Waals surface area contributed by atoms with E-state index in [0.717, 1.165) is 27.9 Å². The van der Waals surface area contributed by atoms with Crippen LogP contribution in [0.1, 0.15) is 11.1 Å². The summed E-state index contributed by atoms with van der Waals surface area (Å²) >= 11 is 1.41. The van der Waals surface area contributed by atoms with Gasteiger partial charge in [0.15, 0.2) is 16.7 Å². The zero-order valence-corrected chi connectivity index (χ0v) is 15.7. The molecule has 1 aromatic heterocycles. The summed E-state index contributed by atoms with van der Waals surface area (Å²) in [5, 5.41) is 3.72. The van der Waals surface area contributed by atoms with E-state index in [4.69, 9.17) is 9.47 Å². The lowest BCUT2D eigenvalue weighted by atomic mass is 10.2. The molecule has 0 spiro atoms. The quantitative estimate of drug-likeness (QED) is 0.664. The smallest absolute Gasteiger partial charge is 0.231 e. The first-order valence-corrected chi connectivity index (χ1v) is 9.56. The Kier molecular flexibility index (Phi) is 5.02. The van der Waals surface area contributed by atoms with Crippen LogP contribution in [0.25, 0.3) is 5.69 Å². The molecule has 0 unspecified atom stereocenters. The molecular formula is C20H19N3O3S. The number of aryl methyl sites for hydroxylation is 1. The van der Waals surface area contributed by atoms with Gasteiger partial charge >= 0.3 is 0 Å². The number of carbonyl (C=O) groups excluding carboxylic acids is 1. The molecule has 3 aromatic rings. The van der Waals surface area contributed by atoms with Crippen molar-refractivity contribution in [2.45, 2.75) is 18.6 Å². The van der Waals surface area contributed by atoms with Crippen LogP contribution in [0.5, 0.6) is 11.5 Å². The lowest BCUT2D eigenvalue weighted by Gasteiger charge is -2.09. The topological polar surface area (TPSA) is 65.4 Å². The molecule has 0 saturated carbocycles. The average Bonchev–Trinajstić information content (AvgIpc) is 3.33. The van der Waals surface area contributed by atoms with Crippen molar-refractivity contribution in [2.24, 2.45) is 0 Å². The highest BCUT2D eigenvalue weighted by molar-refractivity contribution is 7.99. The van der Waals surface area contributed by atoms with Crippen molar-refractivity contribution in [1.29, 1.82) is 0 Å². The Bertz CT molecular complexity index is 971. The number of imidazole rings is 1. The molecule has 27 heavy (non-hydrogen) atoms. The van der Waals surface area contributed by atoms with Crippen LogP contribution in [-0.2, 0) is 11.3 Å². The van der Waals surface area contributed by atoms with Crippen molar-refractivity contribution in [1.82, 2.24) is 14.9 Å². The van der Waals surface area contributed by atoms with Gasteiger partial charge in [-0.2, -0.15) is 0 Å². The maximum Gasteiger partial charge on any atom is 0.231 e. The SMILES string of the molecule is Cc1cccc(-n2ccnc2SCC(=O)NCc2ccc3c(c2)OCO3)c1. The predicted octanol–water partition coefficient (Wildman–Crippen LogP) is 3.32. The molecule has 0 fully saturated rings. The molecule has 0 saturated heterocycles. The molecule has 0 radical (unpaired) electrons. The van der Waals surface area contributed by atoms with Crippen LogP contribution in [0.4, 0.5) is 0 Å². The number of fused-ring (bicyclic) bond motifs is 1. The molecule has 1 amide bonds. The summed E-state index contributed by atoms with van der Waals surface area (Å²) in [4.78, 5) is 16.6. The van der Waals surface area contributed by atoms with Crippen LogP contribution in [0, 0.1) is 6.92 Å². The lowest BCUT2D eigenvalue weighted by Crippen LogP contribution is -2.24. The Labute approximate surface area is 161 Å². The number of nitrogens with one attached hydrogen (secondary N) is 1. The maximum absolute atomic E-state index is 12.2. The molecule has 1 N–H and O–H groups in total. The molecule has 0 atom stereocenters. The number of amides is 1. The number of hydrogen-bond donors (Lipinski definition) is 1. The van der Waals surface area contributed by atoms with Crippen LogP contribution in [0.15, 0.2) is 60.0 Å². The normalized spacial score (nSPS) is 12.2. The summed E-state index contributed by atoms with van der Waals surface area (Å²) in [6, 6.07) is 13.8. The summed E-state index contributed by atoms with van der Waals surface area (Å²) in [5.74, 6) is 1.71. The molecule has 6 nitrogen and oxygen atoms in total. The van der Waals surface area contributed by atoms with Crippen LogP contribution >= 0.6 is 11.8 Å². The van der Waals surface area contributed by atoms with Gasteiger partial charge in [0.25, 0.3) is 0 Å². The van der Waals surface area contributed by atoms with E-state index in [1.54, 1.807) is 6.20 Å². The number of nitrogens with zero attached hydrogens (tertiary/aromatic N) is 2. The van der Waals surface area contributed by atoms with Gasteiger partial charge in [0.2, 0.25) is 12.7 Å². The first-order valence-electron chi connectivity index (χ1n) is 8.57. The largest absolute Gasteiger partial charge is 0.454 e. The summed E-state index contributed by atoms with van der Waals surface area (Å²) < 4.78 is 12.6. The fourth-order valence-corrected chi connectivity index (χ4v) is 3.61. The van der Waals surface area contributed by atoms with Crippen LogP contribution < -0.4 is 14.8 Å². The van der Waals surface area contributed by atoms with Crippen molar-refractivity contribution in [3.05, 3.63) is 66.0 Å². The highest BCUT2D eigenvalue weighted by Crippen LogP contribution is 2.32. The minimum Gasteiger partial charge on any atom is -0.454 e. The first kappa shape index (κ1) is 17.5. The first-order chi connectivity index (χ1) is 13.2. The lowest BCUT2D eigenvalue weighted by molar-refractivity contribution is -0.118. The van der Waals surface area contributed by atoms with E-state index >= 15 is 0 Å². The number of benzene rings is 2. The summed E-state index contributed by atoms with van der Waals surface area (Å²) in [7, 11) is 0. The second kappa shape index (κ2) is 7.75. The molecule has 4 rings (SSSR count). The standard InChI is InChI=1S/C20H19N3O3S/c1-14-3-2-4-16(9-14)23-8-7-21-20(23)27-12-19(24)22-11-15-5-6-17-18(10-15)26-13-25-17/h2-10H,11-13H2,1H3,(H,22,24). The molecule has 2 aromatic carbocycles. The molecule has 138 valence electrons. The second-order valence-electron chi connectivity index (χ2n) is 6.17. The molecule has 0 aliphatic carbocycles. The number of aromatic nitrogens is 2. The number of hydrogen-bond acceptors (Lipinski definition) is 5. The van der Waals surface area contributed by atoms with Crippen molar-refractivity contribution in [3.63, 3.8) is 0 Å². The van der Waals surface area contributed by atoms with E-state index in [1.807, 2.05) is 41.1 Å². The van der Waals surface area contributed by atoms with Crippen LogP contribution in [-0.4, -0.2) is 28.0 Å². The Morgan fingerprint density at radius 2 is 2.11 bits per heavy atom. The fraction of sp³-hybridized carbons (Fsp3) is 0.200. The number of ether oxygens (including phenoxy) is 2. The zero-order valence-electron chi connectivity index (χ0n) is 14.8. The van der Waals surface area contributed by atoms with Gasteiger partial charge < -0.3 is 14.8 Å². The highest BCUT2D eigenvalue weighted by atomic mass is 32.2. The number of rotatable bonds is 6. The zero-order chi connectivity index (χ0) is 18.6. The summed E-state index contributed by atoms with van der Waals surface area (Å²) in [6.07, 6.45) is 3.65. The van der Waals surface area contributed by atoms with E-state index in [-0.39, 0.29) is 12.7 Å². The third-order valence-corrected chi connectivity index (χ3v) is 5.11. The van der Waals surface area contributed by atoms with Gasteiger partial charge in [0.05, 0.1) is 5.75 Å². The van der Waals surface area contributed by atoms with Gasteiger partial charge in [0.1, 0.15) is 0 Å². The maximum atomic E-state index is 12.2. The third kappa shape index (κ3) is 4.09. The summed E-state index contributed by atoms with van der Waals surface area (Å²) in [6.45, 7) is 2.74. The minimum absolute atomic E-state index is 0.0449. The van der Waals surface area contributed by atoms with E-state index in [2.05, 4.69) is 29.4 Å². The molecular weight excluding hydrogens is 362 g/mol. The van der Waals surface area contributed by atoms with Crippen molar-refractivity contribution in [2.75, 3.05) is 12.5 Å². The van der Waals surface area contributed by atoms with Gasteiger partial charge in [-0.1, -0.05) is 30.0 Å². The van der Waals surface area contributed by atoms with E-state index in [9.17, 15) is 4.79 Å². The second-order valence-corrected chi connectivity index (χ2v) is 7.11. The van der Waals surface area contributed by atoms with Crippen molar-refractivity contribution >= 4 is 17.7 Å². The Morgan fingerprint density at radius 1 is 1.22 bits per heavy atom. The summed E-state index contributed by atoms with van der Waals surface area (Å²) in [5.41, 5.74) is 3.19. The molecule has 2 heterocycles. The van der Waals surface area contributed by atoms with Gasteiger partial charge in [-0.05, 0) is 42.3 Å². The Hall–Kier alpha value is -2.93. The van der Waals surface area contributed by atoms with E-state index in [0.29, 0.717) is 12.3 Å². The minimum atomic E-state index is -0.0449. The number of carbonyl (C=O) groups is 1. The van der Waals surface area contributed by atoms with Crippen molar-refractivity contribution < 1.29 is 14.3 Å². The molecule has 0 bridgehead atoms. The third-order valence-electron chi connectivity index (χ3n) is 4.15.